The summed E-state index contributed by atoms with van der Waals surface area (Å²) in [5.41, 5.74) is 2.94. The number of piperidine rings is 1. The van der Waals surface area contributed by atoms with Gasteiger partial charge in [-0.3, -0.25) is 4.90 Å². The smallest absolute Gasteiger partial charge is 0.337 e. The topological polar surface area (TPSA) is 78.7 Å². The van der Waals surface area contributed by atoms with E-state index in [1.54, 1.807) is 18.2 Å². The summed E-state index contributed by atoms with van der Waals surface area (Å²) in [5, 5.41) is 0.310. The third-order valence-electron chi connectivity index (χ3n) is 8.62. The summed E-state index contributed by atoms with van der Waals surface area (Å²) < 4.78 is 47.5. The van der Waals surface area contributed by atoms with Gasteiger partial charge in [0.05, 0.1) is 48.6 Å². The number of imidazole rings is 1. The number of benzene rings is 2. The number of nitrogens with zero attached hydrogens (tertiary/aromatic N) is 4. The fraction of sp³-hybridized carbons (Fsp3) is 0.387. The highest BCUT2D eigenvalue weighted by atomic mass is 35.5. The molecule has 0 amide bonds. The molecule has 0 bridgehead atoms. The Balaban J connectivity index is 1.04. The minimum Gasteiger partial charge on any atom is -0.473 e. The second-order valence-electron chi connectivity index (χ2n) is 11.2. The molecule has 218 valence electrons. The van der Waals surface area contributed by atoms with Gasteiger partial charge in [0, 0.05) is 42.3 Å². The van der Waals surface area contributed by atoms with Crippen LogP contribution in [0, 0.1) is 23.5 Å². The number of methoxy groups -OCH3 is 1. The zero-order valence-corrected chi connectivity index (χ0v) is 23.7. The van der Waals surface area contributed by atoms with Crippen LogP contribution in [0.25, 0.3) is 11.0 Å². The summed E-state index contributed by atoms with van der Waals surface area (Å²) in [4.78, 5) is 23.9. The van der Waals surface area contributed by atoms with E-state index in [1.165, 1.54) is 25.3 Å². The molecule has 2 aromatic heterocycles. The second-order valence-corrected chi connectivity index (χ2v) is 11.6. The number of carbonyl (C=O) groups excluding carboxylic acids is 1. The van der Waals surface area contributed by atoms with Crippen LogP contribution in [0.15, 0.2) is 48.5 Å². The molecule has 2 saturated heterocycles. The molecule has 1 unspecified atom stereocenters. The van der Waals surface area contributed by atoms with Crippen LogP contribution in [-0.2, 0) is 29.2 Å². The van der Waals surface area contributed by atoms with E-state index >= 15 is 0 Å². The zero-order valence-electron chi connectivity index (χ0n) is 22.9. The number of pyridine rings is 1. The highest BCUT2D eigenvalue weighted by molar-refractivity contribution is 6.30. The van der Waals surface area contributed by atoms with Crippen LogP contribution in [0.3, 0.4) is 0 Å². The van der Waals surface area contributed by atoms with E-state index in [9.17, 15) is 13.6 Å². The first-order chi connectivity index (χ1) is 20.4. The molecule has 2 aliphatic heterocycles. The molecule has 1 saturated carbocycles. The minimum atomic E-state index is -0.459. The number of rotatable bonds is 9. The van der Waals surface area contributed by atoms with Crippen molar-refractivity contribution in [2.24, 2.45) is 11.8 Å². The van der Waals surface area contributed by atoms with E-state index in [4.69, 9.17) is 30.8 Å². The summed E-state index contributed by atoms with van der Waals surface area (Å²) in [6.07, 6.45) is 1.11. The van der Waals surface area contributed by atoms with Crippen molar-refractivity contribution in [1.82, 2.24) is 19.4 Å². The summed E-state index contributed by atoms with van der Waals surface area (Å²) in [5.74, 6) is 0.569. The Morgan fingerprint density at radius 3 is 2.60 bits per heavy atom. The number of aromatic nitrogens is 3. The van der Waals surface area contributed by atoms with Crippen LogP contribution in [0.4, 0.5) is 8.78 Å². The summed E-state index contributed by atoms with van der Waals surface area (Å²) in [6, 6.07) is 12.7. The molecule has 3 fully saturated rings. The molecule has 1 aliphatic carbocycles. The van der Waals surface area contributed by atoms with Crippen LogP contribution in [-0.4, -0.2) is 58.3 Å². The van der Waals surface area contributed by atoms with Crippen molar-refractivity contribution in [3.05, 3.63) is 87.8 Å². The van der Waals surface area contributed by atoms with Gasteiger partial charge in [-0.25, -0.2) is 23.5 Å². The molecule has 8 nitrogen and oxygen atoms in total. The van der Waals surface area contributed by atoms with Crippen LogP contribution in [0.2, 0.25) is 5.02 Å². The third-order valence-corrected chi connectivity index (χ3v) is 8.85. The van der Waals surface area contributed by atoms with Gasteiger partial charge in [-0.2, -0.15) is 0 Å². The summed E-state index contributed by atoms with van der Waals surface area (Å²) in [7, 11) is 1.37. The van der Waals surface area contributed by atoms with Gasteiger partial charge in [-0.05, 0) is 54.7 Å². The minimum absolute atomic E-state index is 0.0156. The van der Waals surface area contributed by atoms with Crippen molar-refractivity contribution in [2.75, 3.05) is 26.8 Å². The Kier molecular flexibility index (Phi) is 7.08. The monoisotopic (exact) mass is 594 g/mol. The number of hydrogen-bond acceptors (Lipinski definition) is 7. The molecule has 0 spiro atoms. The maximum atomic E-state index is 14.9. The van der Waals surface area contributed by atoms with E-state index in [0.717, 1.165) is 43.0 Å². The van der Waals surface area contributed by atoms with Gasteiger partial charge in [0.25, 0.3) is 0 Å². The lowest BCUT2D eigenvalue weighted by molar-refractivity contribution is -0.0591. The third kappa shape index (κ3) is 5.12. The van der Waals surface area contributed by atoms with Gasteiger partial charge in [0.2, 0.25) is 5.88 Å². The van der Waals surface area contributed by atoms with Crippen molar-refractivity contribution in [3.63, 3.8) is 0 Å². The van der Waals surface area contributed by atoms with E-state index in [0.29, 0.717) is 34.9 Å². The van der Waals surface area contributed by atoms with Gasteiger partial charge >= 0.3 is 5.97 Å². The molecule has 0 radical (unpaired) electrons. The first-order valence-electron chi connectivity index (χ1n) is 14.0. The van der Waals surface area contributed by atoms with E-state index in [1.807, 2.05) is 12.1 Å². The van der Waals surface area contributed by atoms with Gasteiger partial charge in [-0.1, -0.05) is 17.7 Å². The SMILES string of the molecule is COC(=O)c1ccc2nc(CN3C[C@@H]4C(c5nc(OCc6ccc(Cl)cc6F)ccc5F)[C@@H]4C3)n(C[C@@H]3CCO3)c2c1. The van der Waals surface area contributed by atoms with Crippen LogP contribution < -0.4 is 4.74 Å². The number of hydrogen-bond donors (Lipinski definition) is 0. The highest BCUT2D eigenvalue weighted by Crippen LogP contribution is 2.58. The fourth-order valence-electron chi connectivity index (χ4n) is 6.27. The van der Waals surface area contributed by atoms with Crippen LogP contribution in [0.5, 0.6) is 5.88 Å². The Labute approximate surface area is 246 Å². The van der Waals surface area contributed by atoms with Crippen LogP contribution >= 0.6 is 11.6 Å². The van der Waals surface area contributed by atoms with Crippen LogP contribution in [0.1, 0.15) is 39.8 Å². The largest absolute Gasteiger partial charge is 0.473 e. The molecule has 3 aliphatic rings. The first kappa shape index (κ1) is 27.2. The van der Waals surface area contributed by atoms with Crippen molar-refractivity contribution in [2.45, 2.75) is 38.1 Å². The molecular weight excluding hydrogens is 566 g/mol. The average molecular weight is 595 g/mol. The number of likely N-dealkylation sites (tertiary alicyclic amines) is 1. The highest BCUT2D eigenvalue weighted by Gasteiger charge is 2.57. The molecular formula is C31H29ClF2N4O4. The van der Waals surface area contributed by atoms with Gasteiger partial charge < -0.3 is 18.8 Å². The van der Waals surface area contributed by atoms with Crippen molar-refractivity contribution in [3.8, 4) is 5.88 Å². The lowest BCUT2D eigenvalue weighted by Gasteiger charge is -2.28. The molecule has 4 heterocycles. The van der Waals surface area contributed by atoms with Gasteiger partial charge in [0.1, 0.15) is 24.1 Å². The Morgan fingerprint density at radius 2 is 1.88 bits per heavy atom. The molecule has 4 aromatic rings. The zero-order chi connectivity index (χ0) is 29.0. The van der Waals surface area contributed by atoms with E-state index in [2.05, 4.69) is 14.5 Å². The number of carbonyl (C=O) groups is 1. The van der Waals surface area contributed by atoms with Gasteiger partial charge in [0.15, 0.2) is 0 Å². The quantitative estimate of drug-likeness (QED) is 0.241. The normalized spacial score (nSPS) is 23.0. The second kappa shape index (κ2) is 10.9. The van der Waals surface area contributed by atoms with Crippen molar-refractivity contribution >= 4 is 28.6 Å². The summed E-state index contributed by atoms with van der Waals surface area (Å²) in [6.45, 7) is 3.64. The number of halogens is 3. The van der Waals surface area contributed by atoms with Crippen molar-refractivity contribution in [1.29, 1.82) is 0 Å². The summed E-state index contributed by atoms with van der Waals surface area (Å²) >= 11 is 5.83. The molecule has 4 atom stereocenters. The number of esters is 1. The molecule has 11 heteroatoms. The fourth-order valence-corrected chi connectivity index (χ4v) is 6.42. The lowest BCUT2D eigenvalue weighted by atomic mass is 10.1. The van der Waals surface area contributed by atoms with E-state index in [-0.39, 0.29) is 48.1 Å². The predicted molar refractivity (Wildman–Crippen MR) is 150 cm³/mol. The maximum absolute atomic E-state index is 14.9. The lowest BCUT2D eigenvalue weighted by Crippen LogP contribution is -2.33. The standard InChI is InChI=1S/C31H29ClF2N4O4/c1-40-31(39)17-3-6-25-26(10-17)38(12-20-8-9-41-20)27(35-25)15-37-13-21-22(14-37)29(21)30-23(33)5-7-28(36-30)42-16-18-2-4-19(32)11-24(18)34/h2-7,10-11,20-22,29H,8-9,12-16H2,1H3/t20-,21-,22+,29?/m0/s1. The van der Waals surface area contributed by atoms with Crippen molar-refractivity contribution < 1.29 is 27.8 Å². The number of ether oxygens (including phenoxy) is 3. The number of fused-ring (bicyclic) bond motifs is 2. The van der Waals surface area contributed by atoms with Gasteiger partial charge in [-0.15, -0.1) is 0 Å². The van der Waals surface area contributed by atoms with E-state index < -0.39 is 5.82 Å². The predicted octanol–water partition coefficient (Wildman–Crippen LogP) is 5.36. The first-order valence-corrected chi connectivity index (χ1v) is 14.4. The average Bonchev–Trinajstić information content (AvgIpc) is 3.27. The molecule has 2 aromatic carbocycles. The molecule has 42 heavy (non-hydrogen) atoms. The Morgan fingerprint density at radius 1 is 1.07 bits per heavy atom. The Hall–Kier alpha value is -3.60. The Bertz CT molecular complexity index is 1660. The maximum Gasteiger partial charge on any atom is 0.337 e. The molecule has 7 rings (SSSR count). The molecule has 0 N–H and O–H groups in total.